The second kappa shape index (κ2) is 5.52. The number of nitrogen functional groups attached to an aromatic ring is 1. The molecule has 88 valence electrons. The lowest BCUT2D eigenvalue weighted by molar-refractivity contribution is -0.0818. The molecule has 0 aliphatic carbocycles. The summed E-state index contributed by atoms with van der Waals surface area (Å²) in [5.41, 5.74) is 7.43. The Morgan fingerprint density at radius 2 is 2.31 bits per heavy atom. The number of ether oxygens (including phenoxy) is 2. The second-order valence-corrected chi connectivity index (χ2v) is 4.54. The highest BCUT2D eigenvalue weighted by Gasteiger charge is 2.14. The summed E-state index contributed by atoms with van der Waals surface area (Å²) in [7, 11) is 0. The van der Waals surface area contributed by atoms with E-state index in [2.05, 4.69) is 21.2 Å². The van der Waals surface area contributed by atoms with Crippen molar-refractivity contribution in [2.24, 2.45) is 0 Å². The topological polar surface area (TPSA) is 56.5 Å². The van der Waals surface area contributed by atoms with Gasteiger partial charge in [0.15, 0.2) is 0 Å². The average Bonchev–Trinajstić information content (AvgIpc) is 2.29. The monoisotopic (exact) mass is 286 g/mol. The van der Waals surface area contributed by atoms with Gasteiger partial charge >= 0.3 is 0 Å². The number of anilines is 2. The van der Waals surface area contributed by atoms with Gasteiger partial charge in [-0.15, -0.1) is 0 Å². The fourth-order valence-corrected chi connectivity index (χ4v) is 2.09. The third-order valence-corrected chi connectivity index (χ3v) is 3.05. The van der Waals surface area contributed by atoms with Gasteiger partial charge in [0.1, 0.15) is 0 Å². The minimum absolute atomic E-state index is 0.123. The summed E-state index contributed by atoms with van der Waals surface area (Å²) < 4.78 is 11.8. The van der Waals surface area contributed by atoms with Crippen LogP contribution in [0.3, 0.4) is 0 Å². The molecular weight excluding hydrogens is 272 g/mol. The lowest BCUT2D eigenvalue weighted by Crippen LogP contribution is -2.34. The smallest absolute Gasteiger partial charge is 0.0981 e. The number of hydrogen-bond acceptors (Lipinski definition) is 4. The van der Waals surface area contributed by atoms with E-state index in [0.29, 0.717) is 19.8 Å². The molecule has 0 bridgehead atoms. The minimum Gasteiger partial charge on any atom is -0.399 e. The van der Waals surface area contributed by atoms with Crippen molar-refractivity contribution in [1.29, 1.82) is 0 Å². The predicted molar refractivity (Wildman–Crippen MR) is 67.6 cm³/mol. The van der Waals surface area contributed by atoms with Crippen molar-refractivity contribution in [1.82, 2.24) is 0 Å². The largest absolute Gasteiger partial charge is 0.399 e. The van der Waals surface area contributed by atoms with Crippen LogP contribution in [0.4, 0.5) is 11.4 Å². The number of benzene rings is 1. The molecule has 0 saturated carbocycles. The van der Waals surface area contributed by atoms with Gasteiger partial charge in [-0.3, -0.25) is 0 Å². The maximum Gasteiger partial charge on any atom is 0.0981 e. The number of nitrogens with two attached hydrogens (primary N) is 1. The van der Waals surface area contributed by atoms with Crippen LogP contribution in [0.1, 0.15) is 0 Å². The Morgan fingerprint density at radius 3 is 3.00 bits per heavy atom. The third kappa shape index (κ3) is 3.10. The summed E-state index contributed by atoms with van der Waals surface area (Å²) in [6.45, 7) is 2.76. The van der Waals surface area contributed by atoms with E-state index in [0.717, 1.165) is 22.4 Å². The van der Waals surface area contributed by atoms with E-state index in [-0.39, 0.29) is 6.10 Å². The molecule has 0 amide bonds. The van der Waals surface area contributed by atoms with Crippen LogP contribution in [0.15, 0.2) is 22.7 Å². The van der Waals surface area contributed by atoms with Crippen molar-refractivity contribution in [3.63, 3.8) is 0 Å². The van der Waals surface area contributed by atoms with Crippen LogP contribution < -0.4 is 11.1 Å². The van der Waals surface area contributed by atoms with Crippen LogP contribution in [0.25, 0.3) is 0 Å². The fraction of sp³-hybridized carbons (Fsp3) is 0.455. The predicted octanol–water partition coefficient (Wildman–Crippen LogP) is 1.86. The molecule has 1 fully saturated rings. The Bertz CT molecular complexity index is 354. The van der Waals surface area contributed by atoms with E-state index in [1.165, 1.54) is 0 Å². The quantitative estimate of drug-likeness (QED) is 0.833. The van der Waals surface area contributed by atoms with Crippen molar-refractivity contribution in [3.8, 4) is 0 Å². The molecule has 5 heteroatoms. The van der Waals surface area contributed by atoms with Crippen LogP contribution in [-0.2, 0) is 9.47 Å². The zero-order valence-corrected chi connectivity index (χ0v) is 10.5. The third-order valence-electron chi connectivity index (χ3n) is 2.40. The van der Waals surface area contributed by atoms with E-state index in [4.69, 9.17) is 15.2 Å². The average molecular weight is 287 g/mol. The molecule has 2 rings (SSSR count). The summed E-state index contributed by atoms with van der Waals surface area (Å²) in [5, 5.41) is 3.30. The van der Waals surface area contributed by atoms with Gasteiger partial charge in [-0.2, -0.15) is 0 Å². The SMILES string of the molecule is Nc1ccc(NCC2COCCO2)c(Br)c1. The van der Waals surface area contributed by atoms with E-state index < -0.39 is 0 Å². The van der Waals surface area contributed by atoms with Gasteiger partial charge in [0.05, 0.1) is 25.9 Å². The number of hydrogen-bond donors (Lipinski definition) is 2. The number of nitrogens with one attached hydrogen (secondary N) is 1. The van der Waals surface area contributed by atoms with Crippen molar-refractivity contribution in [2.45, 2.75) is 6.10 Å². The summed E-state index contributed by atoms with van der Waals surface area (Å²) in [4.78, 5) is 0. The van der Waals surface area contributed by atoms with Crippen molar-refractivity contribution >= 4 is 27.3 Å². The zero-order valence-electron chi connectivity index (χ0n) is 8.91. The van der Waals surface area contributed by atoms with E-state index in [1.54, 1.807) is 0 Å². The normalized spacial score (nSPS) is 20.7. The zero-order chi connectivity index (χ0) is 11.4. The van der Waals surface area contributed by atoms with Crippen LogP contribution >= 0.6 is 15.9 Å². The Morgan fingerprint density at radius 1 is 1.44 bits per heavy atom. The van der Waals surface area contributed by atoms with Gasteiger partial charge in [-0.05, 0) is 34.1 Å². The summed E-state index contributed by atoms with van der Waals surface area (Å²) in [5.74, 6) is 0. The molecule has 1 saturated heterocycles. The first-order chi connectivity index (χ1) is 7.75. The first-order valence-corrected chi connectivity index (χ1v) is 6.03. The highest BCUT2D eigenvalue weighted by atomic mass is 79.9. The molecule has 1 aliphatic heterocycles. The van der Waals surface area contributed by atoms with Gasteiger partial charge in [0.2, 0.25) is 0 Å². The molecule has 0 aromatic heterocycles. The summed E-state index contributed by atoms with van der Waals surface area (Å²) >= 11 is 3.46. The molecule has 0 spiro atoms. The molecule has 1 atom stereocenters. The van der Waals surface area contributed by atoms with Crippen LogP contribution in [0, 0.1) is 0 Å². The molecule has 3 N–H and O–H groups in total. The van der Waals surface area contributed by atoms with Crippen molar-refractivity contribution in [2.75, 3.05) is 37.4 Å². The minimum atomic E-state index is 0.123. The molecule has 1 aliphatic rings. The maximum absolute atomic E-state index is 5.66. The molecule has 1 unspecified atom stereocenters. The molecule has 1 aromatic carbocycles. The Balaban J connectivity index is 1.88. The Kier molecular flexibility index (Phi) is 4.04. The lowest BCUT2D eigenvalue weighted by atomic mass is 10.2. The van der Waals surface area contributed by atoms with E-state index >= 15 is 0 Å². The van der Waals surface area contributed by atoms with Crippen LogP contribution in [0.2, 0.25) is 0 Å². The first-order valence-electron chi connectivity index (χ1n) is 5.24. The maximum atomic E-state index is 5.66. The number of rotatable bonds is 3. The Hall–Kier alpha value is -0.780. The first kappa shape index (κ1) is 11.7. The second-order valence-electron chi connectivity index (χ2n) is 3.69. The highest BCUT2D eigenvalue weighted by Crippen LogP contribution is 2.24. The number of halogens is 1. The summed E-state index contributed by atoms with van der Waals surface area (Å²) in [6.07, 6.45) is 0.123. The molecule has 1 heterocycles. The molecule has 16 heavy (non-hydrogen) atoms. The molecule has 4 nitrogen and oxygen atoms in total. The standard InChI is InChI=1S/C11H15BrN2O2/c12-10-5-8(13)1-2-11(10)14-6-9-7-15-3-4-16-9/h1-2,5,9,14H,3-4,6-7,13H2. The highest BCUT2D eigenvalue weighted by molar-refractivity contribution is 9.10. The van der Waals surface area contributed by atoms with Gasteiger partial charge < -0.3 is 20.5 Å². The van der Waals surface area contributed by atoms with Crippen LogP contribution in [-0.4, -0.2) is 32.5 Å². The van der Waals surface area contributed by atoms with Crippen LogP contribution in [0.5, 0.6) is 0 Å². The Labute approximate surface area is 103 Å². The molecular formula is C11H15BrN2O2. The molecule has 0 radical (unpaired) electrons. The summed E-state index contributed by atoms with van der Waals surface area (Å²) in [6, 6.07) is 5.69. The van der Waals surface area contributed by atoms with Gasteiger partial charge in [-0.1, -0.05) is 0 Å². The van der Waals surface area contributed by atoms with Gasteiger partial charge in [0.25, 0.3) is 0 Å². The molecule has 1 aromatic rings. The van der Waals surface area contributed by atoms with E-state index in [1.807, 2.05) is 18.2 Å². The van der Waals surface area contributed by atoms with Gasteiger partial charge in [-0.25, -0.2) is 0 Å². The lowest BCUT2D eigenvalue weighted by Gasteiger charge is -2.23. The van der Waals surface area contributed by atoms with Crippen molar-refractivity contribution in [3.05, 3.63) is 22.7 Å². The fourth-order valence-electron chi connectivity index (χ4n) is 1.55. The van der Waals surface area contributed by atoms with Crippen molar-refractivity contribution < 1.29 is 9.47 Å². The van der Waals surface area contributed by atoms with E-state index in [9.17, 15) is 0 Å². The van der Waals surface area contributed by atoms with Gasteiger partial charge in [0, 0.05) is 22.4 Å².